The van der Waals surface area contributed by atoms with E-state index in [9.17, 15) is 0 Å². The molecule has 1 unspecified atom stereocenters. The third-order valence-corrected chi connectivity index (χ3v) is 3.68. The van der Waals surface area contributed by atoms with Crippen LogP contribution in [0.3, 0.4) is 0 Å². The van der Waals surface area contributed by atoms with Crippen LogP contribution in [0.2, 0.25) is 0 Å². The molecular weight excluding hydrogens is 242 g/mol. The van der Waals surface area contributed by atoms with Gasteiger partial charge in [-0.05, 0) is 18.8 Å². The van der Waals surface area contributed by atoms with Crippen LogP contribution in [0, 0.1) is 5.92 Å². The molecule has 1 saturated carbocycles. The summed E-state index contributed by atoms with van der Waals surface area (Å²) in [6.07, 6.45) is 10.9. The van der Waals surface area contributed by atoms with Crippen LogP contribution in [-0.2, 0) is 0 Å². The van der Waals surface area contributed by atoms with E-state index in [0.717, 1.165) is 12.8 Å². The molecule has 6 nitrogen and oxygen atoms in total. The zero-order valence-electron chi connectivity index (χ0n) is 10.7. The Bertz CT molecular complexity index is 521. The average Bonchev–Trinajstić information content (AvgIpc) is 2.98. The molecule has 0 amide bonds. The van der Waals surface area contributed by atoms with Crippen molar-refractivity contribution in [3.8, 4) is 11.5 Å². The molecule has 0 aliphatic heterocycles. The van der Waals surface area contributed by atoms with Crippen LogP contribution < -0.4 is 5.73 Å². The fourth-order valence-corrected chi connectivity index (χ4v) is 2.58. The predicted octanol–water partition coefficient (Wildman–Crippen LogP) is 2.11. The first kappa shape index (κ1) is 12.2. The van der Waals surface area contributed by atoms with Crippen molar-refractivity contribution in [1.29, 1.82) is 0 Å². The number of hydrogen-bond acceptors (Lipinski definition) is 6. The second-order valence-corrected chi connectivity index (χ2v) is 4.97. The highest BCUT2D eigenvalue weighted by Gasteiger charge is 2.26. The van der Waals surface area contributed by atoms with Gasteiger partial charge in [-0.25, -0.2) is 4.98 Å². The van der Waals surface area contributed by atoms with E-state index in [1.54, 1.807) is 18.6 Å². The minimum atomic E-state index is -0.168. The van der Waals surface area contributed by atoms with Crippen LogP contribution in [0.25, 0.3) is 11.5 Å². The molecule has 0 spiro atoms. The molecular formula is C13H17N5O. The fourth-order valence-electron chi connectivity index (χ4n) is 2.58. The molecule has 2 N–H and O–H groups in total. The molecule has 19 heavy (non-hydrogen) atoms. The zero-order valence-corrected chi connectivity index (χ0v) is 10.7. The Morgan fingerprint density at radius 3 is 2.79 bits per heavy atom. The largest absolute Gasteiger partial charge is 0.337 e. The van der Waals surface area contributed by atoms with Crippen molar-refractivity contribution >= 4 is 0 Å². The summed E-state index contributed by atoms with van der Waals surface area (Å²) < 4.78 is 5.28. The van der Waals surface area contributed by atoms with Crippen molar-refractivity contribution in [3.05, 3.63) is 24.5 Å². The monoisotopic (exact) mass is 259 g/mol. The van der Waals surface area contributed by atoms with Gasteiger partial charge in [-0.15, -0.1) is 0 Å². The molecule has 6 heteroatoms. The Kier molecular flexibility index (Phi) is 3.50. The summed E-state index contributed by atoms with van der Waals surface area (Å²) in [6, 6.07) is -0.168. The summed E-state index contributed by atoms with van der Waals surface area (Å²) in [5.74, 6) is 1.41. The molecule has 1 fully saturated rings. The number of hydrogen-bond donors (Lipinski definition) is 1. The molecule has 1 aliphatic carbocycles. The van der Waals surface area contributed by atoms with E-state index >= 15 is 0 Å². The minimum Gasteiger partial charge on any atom is -0.337 e. The number of nitrogens with zero attached hydrogens (tertiary/aromatic N) is 4. The molecule has 100 valence electrons. The molecule has 0 bridgehead atoms. The lowest BCUT2D eigenvalue weighted by atomic mass is 9.84. The smallest absolute Gasteiger partial charge is 0.244 e. The van der Waals surface area contributed by atoms with Crippen LogP contribution in [0.4, 0.5) is 0 Å². The highest BCUT2D eigenvalue weighted by atomic mass is 16.5. The van der Waals surface area contributed by atoms with Crippen molar-refractivity contribution in [2.24, 2.45) is 11.7 Å². The maximum Gasteiger partial charge on any atom is 0.244 e. The van der Waals surface area contributed by atoms with Gasteiger partial charge in [0.05, 0.1) is 12.2 Å². The third-order valence-electron chi connectivity index (χ3n) is 3.68. The van der Waals surface area contributed by atoms with Crippen molar-refractivity contribution in [3.63, 3.8) is 0 Å². The Morgan fingerprint density at radius 1 is 1.21 bits per heavy atom. The Morgan fingerprint density at radius 2 is 2.05 bits per heavy atom. The average molecular weight is 259 g/mol. The standard InChI is InChI=1S/C13H17N5O/c14-11(9-4-2-1-3-5-9)13-17-12(18-19-13)10-8-15-6-7-16-10/h6-9,11H,1-5,14H2. The van der Waals surface area contributed by atoms with Gasteiger partial charge >= 0.3 is 0 Å². The van der Waals surface area contributed by atoms with Gasteiger partial charge in [-0.1, -0.05) is 24.4 Å². The number of aromatic nitrogens is 4. The van der Waals surface area contributed by atoms with Gasteiger partial charge in [0.25, 0.3) is 0 Å². The summed E-state index contributed by atoms with van der Waals surface area (Å²) >= 11 is 0. The van der Waals surface area contributed by atoms with Gasteiger partial charge < -0.3 is 10.3 Å². The summed E-state index contributed by atoms with van der Waals surface area (Å²) in [5.41, 5.74) is 6.83. The molecule has 0 radical (unpaired) electrons. The van der Waals surface area contributed by atoms with Crippen molar-refractivity contribution < 1.29 is 4.52 Å². The lowest BCUT2D eigenvalue weighted by molar-refractivity contribution is 0.255. The molecule has 1 atom stereocenters. The van der Waals surface area contributed by atoms with Crippen molar-refractivity contribution in [1.82, 2.24) is 20.1 Å². The highest BCUT2D eigenvalue weighted by Crippen LogP contribution is 2.32. The number of nitrogens with two attached hydrogens (primary N) is 1. The first-order chi connectivity index (χ1) is 9.34. The molecule has 2 heterocycles. The van der Waals surface area contributed by atoms with Gasteiger partial charge in [0.15, 0.2) is 0 Å². The van der Waals surface area contributed by atoms with Crippen LogP contribution in [-0.4, -0.2) is 20.1 Å². The van der Waals surface area contributed by atoms with Crippen LogP contribution in [0.1, 0.15) is 44.0 Å². The van der Waals surface area contributed by atoms with Gasteiger partial charge in [-0.3, -0.25) is 4.98 Å². The second kappa shape index (κ2) is 5.44. The third kappa shape index (κ3) is 2.63. The first-order valence-corrected chi connectivity index (χ1v) is 6.70. The van der Waals surface area contributed by atoms with Gasteiger partial charge in [0, 0.05) is 12.4 Å². The molecule has 2 aromatic heterocycles. The summed E-state index contributed by atoms with van der Waals surface area (Å²) in [6.45, 7) is 0. The fraction of sp³-hybridized carbons (Fsp3) is 0.538. The van der Waals surface area contributed by atoms with Crippen LogP contribution in [0.5, 0.6) is 0 Å². The first-order valence-electron chi connectivity index (χ1n) is 6.70. The summed E-state index contributed by atoms with van der Waals surface area (Å²) in [5, 5.41) is 3.93. The van der Waals surface area contributed by atoms with E-state index < -0.39 is 0 Å². The maximum atomic E-state index is 6.23. The van der Waals surface area contributed by atoms with Crippen LogP contribution >= 0.6 is 0 Å². The van der Waals surface area contributed by atoms with Gasteiger partial charge in [0.2, 0.25) is 11.7 Å². The van der Waals surface area contributed by atoms with Gasteiger partial charge in [-0.2, -0.15) is 4.98 Å². The molecule has 3 rings (SSSR count). The lowest BCUT2D eigenvalue weighted by Gasteiger charge is -2.24. The molecule has 2 aromatic rings. The molecule has 0 saturated heterocycles. The lowest BCUT2D eigenvalue weighted by Crippen LogP contribution is -2.23. The quantitative estimate of drug-likeness (QED) is 0.907. The zero-order chi connectivity index (χ0) is 13.1. The second-order valence-electron chi connectivity index (χ2n) is 4.97. The molecule has 1 aliphatic rings. The topological polar surface area (TPSA) is 90.7 Å². The van der Waals surface area contributed by atoms with E-state index in [0.29, 0.717) is 23.3 Å². The van der Waals surface area contributed by atoms with Gasteiger partial charge in [0.1, 0.15) is 5.69 Å². The van der Waals surface area contributed by atoms with E-state index in [4.69, 9.17) is 10.3 Å². The van der Waals surface area contributed by atoms with E-state index in [1.807, 2.05) is 0 Å². The highest BCUT2D eigenvalue weighted by molar-refractivity contribution is 5.45. The van der Waals surface area contributed by atoms with Crippen LogP contribution in [0.15, 0.2) is 23.1 Å². The predicted molar refractivity (Wildman–Crippen MR) is 68.8 cm³/mol. The van der Waals surface area contributed by atoms with E-state index in [2.05, 4.69) is 20.1 Å². The number of rotatable bonds is 3. The molecule has 0 aromatic carbocycles. The maximum absolute atomic E-state index is 6.23. The Hall–Kier alpha value is -1.82. The Labute approximate surface area is 111 Å². The summed E-state index contributed by atoms with van der Waals surface area (Å²) in [7, 11) is 0. The van der Waals surface area contributed by atoms with E-state index in [1.165, 1.54) is 19.3 Å². The summed E-state index contributed by atoms with van der Waals surface area (Å²) in [4.78, 5) is 12.5. The van der Waals surface area contributed by atoms with E-state index in [-0.39, 0.29) is 6.04 Å². The van der Waals surface area contributed by atoms with Crippen molar-refractivity contribution in [2.45, 2.75) is 38.1 Å². The minimum absolute atomic E-state index is 0.168. The van der Waals surface area contributed by atoms with Crippen molar-refractivity contribution in [2.75, 3.05) is 0 Å². The Balaban J connectivity index is 1.77. The SMILES string of the molecule is NC(c1nc(-c2cnccn2)no1)C1CCCCC1. The normalized spacial score (nSPS) is 18.4.